The van der Waals surface area contributed by atoms with Crippen molar-refractivity contribution in [2.75, 3.05) is 35.4 Å². The van der Waals surface area contributed by atoms with Gasteiger partial charge in [0.15, 0.2) is 5.82 Å². The lowest BCUT2D eigenvalue weighted by Gasteiger charge is -2.53. The molecular weight excluding hydrogens is 424 g/mol. The minimum Gasteiger partial charge on any atom is -0.394 e. The van der Waals surface area contributed by atoms with Crippen LogP contribution in [0.4, 0.5) is 11.8 Å². The van der Waals surface area contributed by atoms with Gasteiger partial charge in [0.2, 0.25) is 5.95 Å². The van der Waals surface area contributed by atoms with Crippen molar-refractivity contribution in [3.8, 4) is 0 Å². The largest absolute Gasteiger partial charge is 0.394 e. The summed E-state index contributed by atoms with van der Waals surface area (Å²) >= 11 is 5.94. The molecule has 30 heavy (non-hydrogen) atoms. The molecule has 2 bridgehead atoms. The number of piperidine rings is 2. The number of hydrogen-bond acceptors (Lipinski definition) is 8. The van der Waals surface area contributed by atoms with Crippen molar-refractivity contribution < 1.29 is 9.32 Å². The number of rotatable bonds is 4. The van der Waals surface area contributed by atoms with E-state index in [1.54, 1.807) is 18.6 Å². The highest BCUT2D eigenvalue weighted by atomic mass is 35.5. The van der Waals surface area contributed by atoms with Crippen LogP contribution in [0.2, 0.25) is 5.02 Å². The second-order valence-corrected chi connectivity index (χ2v) is 10.8. The van der Waals surface area contributed by atoms with Gasteiger partial charge in [0.1, 0.15) is 16.6 Å². The van der Waals surface area contributed by atoms with Crippen LogP contribution < -0.4 is 9.80 Å². The summed E-state index contributed by atoms with van der Waals surface area (Å²) in [7, 11) is -1.14. The van der Waals surface area contributed by atoms with Gasteiger partial charge in [0.25, 0.3) is 0 Å². The van der Waals surface area contributed by atoms with Crippen molar-refractivity contribution in [1.82, 2.24) is 19.9 Å². The van der Waals surface area contributed by atoms with Crippen LogP contribution >= 0.6 is 11.6 Å². The number of aliphatic hydroxyl groups excluding tert-OH is 1. The molecule has 5 heterocycles. The molecule has 10 heteroatoms. The summed E-state index contributed by atoms with van der Waals surface area (Å²) in [4.78, 5) is 23.3. The lowest BCUT2D eigenvalue weighted by molar-refractivity contribution is 0.103. The van der Waals surface area contributed by atoms with Crippen LogP contribution in [-0.4, -0.2) is 60.4 Å². The third kappa shape index (κ3) is 2.71. The fourth-order valence-corrected chi connectivity index (χ4v) is 6.93. The molecule has 1 N–H and O–H groups in total. The van der Waals surface area contributed by atoms with Gasteiger partial charge in [-0.25, -0.2) is 15.0 Å². The van der Waals surface area contributed by atoms with Gasteiger partial charge < -0.3 is 14.9 Å². The van der Waals surface area contributed by atoms with Gasteiger partial charge in [-0.1, -0.05) is 11.6 Å². The molecule has 3 atom stereocenters. The third-order valence-corrected chi connectivity index (χ3v) is 8.84. The van der Waals surface area contributed by atoms with E-state index < -0.39 is 10.8 Å². The minimum atomic E-state index is -1.14. The van der Waals surface area contributed by atoms with Gasteiger partial charge >= 0.3 is 0 Å². The van der Waals surface area contributed by atoms with Gasteiger partial charge in [-0.05, 0) is 37.5 Å². The topological polar surface area (TPSA) is 95.3 Å². The summed E-state index contributed by atoms with van der Waals surface area (Å²) in [6, 6.07) is 0. The van der Waals surface area contributed by atoms with Crippen LogP contribution in [0, 0.1) is 11.8 Å². The van der Waals surface area contributed by atoms with E-state index >= 15 is 0 Å². The van der Waals surface area contributed by atoms with E-state index in [0.29, 0.717) is 39.5 Å². The Bertz CT molecular complexity index is 999. The van der Waals surface area contributed by atoms with Crippen LogP contribution in [0.5, 0.6) is 0 Å². The first-order chi connectivity index (χ1) is 14.6. The van der Waals surface area contributed by atoms with E-state index in [-0.39, 0.29) is 12.1 Å². The maximum atomic E-state index is 12.6. The van der Waals surface area contributed by atoms with Crippen molar-refractivity contribution in [1.29, 1.82) is 0 Å². The predicted octanol–water partition coefficient (Wildman–Crippen LogP) is 1.96. The van der Waals surface area contributed by atoms with Gasteiger partial charge in [-0.3, -0.25) is 4.21 Å². The zero-order valence-corrected chi connectivity index (χ0v) is 18.0. The van der Waals surface area contributed by atoms with Crippen LogP contribution in [0.1, 0.15) is 37.4 Å². The number of nitrogens with zero attached hydrogens (tertiary/aromatic N) is 6. The number of halogens is 1. The molecule has 2 aromatic rings. The summed E-state index contributed by atoms with van der Waals surface area (Å²) in [5.41, 5.74) is -0.312. The summed E-state index contributed by atoms with van der Waals surface area (Å²) in [6.07, 6.45) is 9.14. The Morgan fingerprint density at radius 2 is 1.90 bits per heavy atom. The van der Waals surface area contributed by atoms with Crippen molar-refractivity contribution in [2.45, 2.75) is 42.0 Å². The number of aromatic nitrogens is 4. The second-order valence-electron chi connectivity index (χ2n) is 8.94. The van der Waals surface area contributed by atoms with Gasteiger partial charge in [0.05, 0.1) is 34.2 Å². The zero-order chi connectivity index (χ0) is 20.5. The Kier molecular flexibility index (Phi) is 4.30. The van der Waals surface area contributed by atoms with Crippen molar-refractivity contribution in [3.05, 3.63) is 29.4 Å². The van der Waals surface area contributed by atoms with E-state index in [2.05, 4.69) is 24.8 Å². The van der Waals surface area contributed by atoms with Crippen LogP contribution in [0.25, 0.3) is 0 Å². The smallest absolute Gasteiger partial charge is 0.227 e. The molecule has 2 aromatic heterocycles. The summed E-state index contributed by atoms with van der Waals surface area (Å²) in [5, 5.41) is 10.6. The molecule has 5 aliphatic rings. The second kappa shape index (κ2) is 6.83. The predicted molar refractivity (Wildman–Crippen MR) is 113 cm³/mol. The SMILES string of the molecule is O=S1CN(C2(CO)CCC2)c2nc(N3CC4CC(C3)C4c3ncc(Cl)cn3)ncc21. The van der Waals surface area contributed by atoms with E-state index in [4.69, 9.17) is 16.6 Å². The zero-order valence-electron chi connectivity index (χ0n) is 16.4. The maximum Gasteiger partial charge on any atom is 0.227 e. The molecular formula is C20H23ClN6O2S. The molecule has 0 radical (unpaired) electrons. The normalized spacial score (nSPS) is 31.1. The maximum absolute atomic E-state index is 12.6. The van der Waals surface area contributed by atoms with Crippen LogP contribution in [0.15, 0.2) is 23.5 Å². The standard InChI is InChI=1S/C20H23ClN6O2S/c21-14-5-22-17(23-6-14)16-12-4-13(16)9-26(8-12)19-24-7-15-18(25-19)27(11-30(15)29)20(10-28)2-1-3-20/h5-7,12-13,16,28H,1-4,8-11H2. The highest BCUT2D eigenvalue weighted by Crippen LogP contribution is 2.51. The van der Waals surface area contributed by atoms with Gasteiger partial charge in [0, 0.05) is 31.4 Å². The summed E-state index contributed by atoms with van der Waals surface area (Å²) in [6.45, 7) is 1.79. The van der Waals surface area contributed by atoms with E-state index in [1.807, 2.05) is 0 Å². The quantitative estimate of drug-likeness (QED) is 0.761. The van der Waals surface area contributed by atoms with Crippen molar-refractivity contribution >= 4 is 34.2 Å². The fraction of sp³-hybridized carbons (Fsp3) is 0.600. The number of anilines is 2. The highest BCUT2D eigenvalue weighted by molar-refractivity contribution is 7.85. The first-order valence-corrected chi connectivity index (χ1v) is 12.1. The molecule has 8 nitrogen and oxygen atoms in total. The number of fused-ring (bicyclic) bond motifs is 3. The molecule has 3 aliphatic heterocycles. The molecule has 2 saturated heterocycles. The first kappa shape index (κ1) is 18.9. The molecule has 0 amide bonds. The van der Waals surface area contributed by atoms with E-state index in [9.17, 15) is 9.32 Å². The van der Waals surface area contributed by atoms with E-state index in [0.717, 1.165) is 44.0 Å². The summed E-state index contributed by atoms with van der Waals surface area (Å²) < 4.78 is 12.6. The fourth-order valence-electron chi connectivity index (χ4n) is 5.53. The molecule has 158 valence electrons. The summed E-state index contributed by atoms with van der Waals surface area (Å²) in [5.74, 6) is 4.02. The Labute approximate surface area is 182 Å². The van der Waals surface area contributed by atoms with Gasteiger partial charge in [-0.2, -0.15) is 4.98 Å². The van der Waals surface area contributed by atoms with Crippen molar-refractivity contribution in [3.63, 3.8) is 0 Å². The minimum absolute atomic E-state index is 0.0691. The lowest BCUT2D eigenvalue weighted by Crippen LogP contribution is -2.57. The highest BCUT2D eigenvalue weighted by Gasteiger charge is 2.50. The Balaban J connectivity index is 1.25. The first-order valence-electron chi connectivity index (χ1n) is 10.4. The Morgan fingerprint density at radius 3 is 2.53 bits per heavy atom. The third-order valence-electron chi connectivity index (χ3n) is 7.37. The van der Waals surface area contributed by atoms with Crippen LogP contribution in [-0.2, 0) is 10.8 Å². The monoisotopic (exact) mass is 446 g/mol. The number of aliphatic hydroxyl groups is 1. The van der Waals surface area contributed by atoms with Gasteiger partial charge in [-0.15, -0.1) is 0 Å². The lowest BCUT2D eigenvalue weighted by atomic mass is 9.61. The Morgan fingerprint density at radius 1 is 1.17 bits per heavy atom. The van der Waals surface area contributed by atoms with E-state index in [1.165, 1.54) is 6.42 Å². The molecule has 3 unspecified atom stereocenters. The molecule has 7 rings (SSSR count). The molecule has 2 aliphatic carbocycles. The molecule has 0 aromatic carbocycles. The average molecular weight is 447 g/mol. The average Bonchev–Trinajstić information content (AvgIpc) is 3.06. The molecule has 4 fully saturated rings. The Hall–Kier alpha value is -1.84. The molecule has 0 spiro atoms. The number of hydrogen-bond donors (Lipinski definition) is 1. The van der Waals surface area contributed by atoms with Crippen molar-refractivity contribution in [2.24, 2.45) is 11.8 Å². The van der Waals surface area contributed by atoms with Crippen LogP contribution in [0.3, 0.4) is 0 Å². The molecule has 2 saturated carbocycles.